The second-order valence-corrected chi connectivity index (χ2v) is 9.20. The van der Waals surface area contributed by atoms with E-state index in [4.69, 9.17) is 15.4 Å². The van der Waals surface area contributed by atoms with Gasteiger partial charge in [0.2, 0.25) is 10.0 Å². The Bertz CT molecular complexity index is 730. The quantitative estimate of drug-likeness (QED) is 0.815. The van der Waals surface area contributed by atoms with Crippen molar-refractivity contribution in [3.63, 3.8) is 0 Å². The molecule has 0 aliphatic carbocycles. The SMILES string of the molecule is CCCS(=O)(=O)NC1CCOc2ccc(S(=O)(=O)Cl)cc21. The van der Waals surface area contributed by atoms with E-state index in [0.717, 1.165) is 0 Å². The van der Waals surface area contributed by atoms with Crippen LogP contribution in [0.2, 0.25) is 0 Å². The third-order valence-corrected chi connectivity index (χ3v) is 6.04. The Morgan fingerprint density at radius 3 is 2.67 bits per heavy atom. The molecule has 1 heterocycles. The van der Waals surface area contributed by atoms with Crippen LogP contribution < -0.4 is 9.46 Å². The van der Waals surface area contributed by atoms with Gasteiger partial charge >= 0.3 is 0 Å². The summed E-state index contributed by atoms with van der Waals surface area (Å²) in [5, 5.41) is 0. The van der Waals surface area contributed by atoms with Crippen LogP contribution in [0.1, 0.15) is 31.4 Å². The van der Waals surface area contributed by atoms with E-state index in [1.807, 2.05) is 0 Å². The van der Waals surface area contributed by atoms with E-state index < -0.39 is 25.1 Å². The fourth-order valence-corrected chi connectivity index (χ4v) is 4.31. The standard InChI is InChI=1S/C12H16ClNO5S2/c1-2-7-20(15,16)14-11-5-6-19-12-4-3-9(8-10(11)12)21(13,17)18/h3-4,8,11,14H,2,5-7H2,1H3. The van der Waals surface area contributed by atoms with Gasteiger partial charge in [0.25, 0.3) is 9.05 Å². The highest BCUT2D eigenvalue weighted by atomic mass is 35.7. The smallest absolute Gasteiger partial charge is 0.261 e. The molecular weight excluding hydrogens is 338 g/mol. The predicted octanol–water partition coefficient (Wildman–Crippen LogP) is 1.77. The Morgan fingerprint density at radius 2 is 2.05 bits per heavy atom. The maximum Gasteiger partial charge on any atom is 0.261 e. The number of benzene rings is 1. The van der Waals surface area contributed by atoms with Gasteiger partial charge in [-0.2, -0.15) is 0 Å². The van der Waals surface area contributed by atoms with Gasteiger partial charge in [-0.1, -0.05) is 6.92 Å². The summed E-state index contributed by atoms with van der Waals surface area (Å²) in [6.45, 7) is 2.13. The zero-order chi connectivity index (χ0) is 15.7. The molecule has 0 bridgehead atoms. The van der Waals surface area contributed by atoms with Gasteiger partial charge in [0, 0.05) is 22.7 Å². The summed E-state index contributed by atoms with van der Waals surface area (Å²) in [6.07, 6.45) is 0.934. The molecule has 0 radical (unpaired) electrons. The van der Waals surface area contributed by atoms with Gasteiger partial charge in [0.05, 0.1) is 23.3 Å². The predicted molar refractivity (Wildman–Crippen MR) is 79.5 cm³/mol. The highest BCUT2D eigenvalue weighted by Gasteiger charge is 2.27. The molecule has 118 valence electrons. The number of hydrogen-bond acceptors (Lipinski definition) is 5. The number of hydrogen-bond donors (Lipinski definition) is 1. The van der Waals surface area contributed by atoms with Crippen LogP contribution >= 0.6 is 10.7 Å². The topological polar surface area (TPSA) is 89.5 Å². The fourth-order valence-electron chi connectivity index (χ4n) is 2.19. The summed E-state index contributed by atoms with van der Waals surface area (Å²) in [5.74, 6) is 0.488. The lowest BCUT2D eigenvalue weighted by Gasteiger charge is -2.26. The lowest BCUT2D eigenvalue weighted by molar-refractivity contribution is 0.262. The molecule has 1 aliphatic heterocycles. The largest absolute Gasteiger partial charge is 0.493 e. The van der Waals surface area contributed by atoms with Crippen molar-refractivity contribution in [2.24, 2.45) is 0 Å². The molecule has 0 spiro atoms. The molecule has 6 nitrogen and oxygen atoms in total. The molecule has 1 atom stereocenters. The van der Waals surface area contributed by atoms with Gasteiger partial charge < -0.3 is 4.74 Å². The highest BCUT2D eigenvalue weighted by molar-refractivity contribution is 8.13. The lowest BCUT2D eigenvalue weighted by atomic mass is 10.0. The van der Waals surface area contributed by atoms with Gasteiger partial charge in [0.1, 0.15) is 5.75 Å². The molecule has 21 heavy (non-hydrogen) atoms. The zero-order valence-corrected chi connectivity index (χ0v) is 13.8. The first-order valence-corrected chi connectivity index (χ1v) is 10.4. The molecule has 1 aliphatic rings. The zero-order valence-electron chi connectivity index (χ0n) is 11.4. The van der Waals surface area contributed by atoms with Crippen LogP contribution in [0.3, 0.4) is 0 Å². The normalized spacial score (nSPS) is 18.9. The molecule has 9 heteroatoms. The van der Waals surface area contributed by atoms with E-state index >= 15 is 0 Å². The van der Waals surface area contributed by atoms with E-state index in [0.29, 0.717) is 30.8 Å². The fraction of sp³-hybridized carbons (Fsp3) is 0.500. The van der Waals surface area contributed by atoms with Crippen molar-refractivity contribution in [3.05, 3.63) is 23.8 Å². The number of ether oxygens (including phenoxy) is 1. The third-order valence-electron chi connectivity index (χ3n) is 3.10. The first-order valence-electron chi connectivity index (χ1n) is 6.44. The van der Waals surface area contributed by atoms with Crippen LogP contribution in [0, 0.1) is 0 Å². The second kappa shape index (κ2) is 6.12. The van der Waals surface area contributed by atoms with Crippen molar-refractivity contribution in [1.29, 1.82) is 0 Å². The van der Waals surface area contributed by atoms with E-state index in [1.54, 1.807) is 6.92 Å². The molecule has 1 aromatic carbocycles. The van der Waals surface area contributed by atoms with Crippen LogP contribution in [0.4, 0.5) is 0 Å². The van der Waals surface area contributed by atoms with Crippen LogP contribution in [-0.2, 0) is 19.1 Å². The Morgan fingerprint density at radius 1 is 1.33 bits per heavy atom. The van der Waals surface area contributed by atoms with Gasteiger partial charge in [0.15, 0.2) is 0 Å². The summed E-state index contributed by atoms with van der Waals surface area (Å²) >= 11 is 0. The molecule has 2 rings (SSSR count). The van der Waals surface area contributed by atoms with Crippen molar-refractivity contribution in [1.82, 2.24) is 4.72 Å². The van der Waals surface area contributed by atoms with Gasteiger partial charge in [-0.25, -0.2) is 21.6 Å². The molecular formula is C12H16ClNO5S2. The second-order valence-electron chi connectivity index (χ2n) is 4.76. The van der Waals surface area contributed by atoms with E-state index in [-0.39, 0.29) is 10.6 Å². The Kier molecular flexibility index (Phi) is 4.82. The average Bonchev–Trinajstić information content (AvgIpc) is 2.37. The molecule has 0 amide bonds. The van der Waals surface area contributed by atoms with E-state index in [9.17, 15) is 16.8 Å². The molecule has 1 unspecified atom stereocenters. The van der Waals surface area contributed by atoms with Crippen molar-refractivity contribution in [2.75, 3.05) is 12.4 Å². The first-order chi connectivity index (χ1) is 9.73. The minimum atomic E-state index is -3.87. The summed E-state index contributed by atoms with van der Waals surface area (Å²) < 4.78 is 54.6. The lowest BCUT2D eigenvalue weighted by Crippen LogP contribution is -2.33. The number of sulfonamides is 1. The maximum absolute atomic E-state index is 11.9. The summed E-state index contributed by atoms with van der Waals surface area (Å²) in [5.41, 5.74) is 0.489. The number of rotatable bonds is 5. The van der Waals surface area contributed by atoms with Crippen LogP contribution in [0.25, 0.3) is 0 Å². The molecule has 0 aromatic heterocycles. The van der Waals surface area contributed by atoms with E-state index in [1.165, 1.54) is 18.2 Å². The molecule has 0 fully saturated rings. The van der Waals surface area contributed by atoms with Crippen molar-refractivity contribution in [3.8, 4) is 5.75 Å². The Hall–Kier alpha value is -0.830. The maximum atomic E-state index is 11.9. The minimum Gasteiger partial charge on any atom is -0.493 e. The van der Waals surface area contributed by atoms with Gasteiger partial charge in [-0.3, -0.25) is 0 Å². The van der Waals surface area contributed by atoms with Crippen molar-refractivity contribution < 1.29 is 21.6 Å². The summed E-state index contributed by atoms with van der Waals surface area (Å²) in [6, 6.07) is 3.67. The highest BCUT2D eigenvalue weighted by Crippen LogP contribution is 2.34. The molecule has 1 N–H and O–H groups in total. The van der Waals surface area contributed by atoms with Crippen molar-refractivity contribution >= 4 is 29.8 Å². The van der Waals surface area contributed by atoms with Gasteiger partial charge in [-0.05, 0) is 24.6 Å². The number of fused-ring (bicyclic) bond motifs is 1. The van der Waals surface area contributed by atoms with Crippen LogP contribution in [-0.4, -0.2) is 29.2 Å². The Balaban J connectivity index is 2.38. The Labute approximate surface area is 128 Å². The summed E-state index contributed by atoms with van der Waals surface area (Å²) in [7, 11) is -1.96. The first kappa shape index (κ1) is 16.5. The summed E-state index contributed by atoms with van der Waals surface area (Å²) in [4.78, 5) is -0.0758. The van der Waals surface area contributed by atoms with Crippen LogP contribution in [0.5, 0.6) is 5.75 Å². The third kappa shape index (κ3) is 4.09. The molecule has 0 saturated heterocycles. The minimum absolute atomic E-state index is 0.0210. The monoisotopic (exact) mass is 353 g/mol. The van der Waals surface area contributed by atoms with Gasteiger partial charge in [-0.15, -0.1) is 0 Å². The van der Waals surface area contributed by atoms with Crippen molar-refractivity contribution in [2.45, 2.75) is 30.7 Å². The molecule has 1 aromatic rings. The number of nitrogens with one attached hydrogen (secondary N) is 1. The number of halogens is 1. The molecule has 0 saturated carbocycles. The van der Waals surface area contributed by atoms with Crippen LogP contribution in [0.15, 0.2) is 23.1 Å². The van der Waals surface area contributed by atoms with E-state index in [2.05, 4.69) is 4.72 Å². The average molecular weight is 354 g/mol.